The molecule has 1 aromatic heterocycles. The molecule has 0 spiro atoms. The lowest BCUT2D eigenvalue weighted by molar-refractivity contribution is -0.0499. The third-order valence-corrected chi connectivity index (χ3v) is 3.43. The number of alkyl halides is 2. The molecule has 0 bridgehead atoms. The van der Waals surface area contributed by atoms with Crippen LogP contribution in [0, 0.1) is 0 Å². The van der Waals surface area contributed by atoms with Crippen LogP contribution in [0.5, 0.6) is 5.75 Å². The van der Waals surface area contributed by atoms with E-state index in [0.29, 0.717) is 17.1 Å². The van der Waals surface area contributed by atoms with Crippen LogP contribution in [0.2, 0.25) is 0 Å². The average molecular weight is 327 g/mol. The number of hydrazone groups is 1. The van der Waals surface area contributed by atoms with Crippen LogP contribution >= 0.6 is 0 Å². The largest absolute Gasteiger partial charge is 0.434 e. The smallest absolute Gasteiger partial charge is 0.387 e. The summed E-state index contributed by atoms with van der Waals surface area (Å²) in [6, 6.07) is 18.0. The van der Waals surface area contributed by atoms with Gasteiger partial charge in [0.2, 0.25) is 0 Å². The fraction of sp³-hybridized carbons (Fsp3) is 0.111. The van der Waals surface area contributed by atoms with E-state index in [2.05, 4.69) is 20.2 Å². The molecule has 0 aliphatic rings. The van der Waals surface area contributed by atoms with E-state index in [0.717, 1.165) is 10.9 Å². The molecule has 0 fully saturated rings. The summed E-state index contributed by atoms with van der Waals surface area (Å²) in [7, 11) is 0. The highest BCUT2D eigenvalue weighted by molar-refractivity contribution is 6.01. The van der Waals surface area contributed by atoms with Crippen LogP contribution in [0.25, 0.3) is 10.9 Å². The number of halogens is 2. The number of nitrogens with one attached hydrogen (secondary N) is 1. The van der Waals surface area contributed by atoms with Gasteiger partial charge in [0.25, 0.3) is 0 Å². The van der Waals surface area contributed by atoms with Crippen LogP contribution in [0.1, 0.15) is 12.5 Å². The Balaban J connectivity index is 1.83. The number of aromatic nitrogens is 1. The van der Waals surface area contributed by atoms with Gasteiger partial charge in [0.1, 0.15) is 11.6 Å². The van der Waals surface area contributed by atoms with Crippen molar-refractivity contribution in [2.45, 2.75) is 13.5 Å². The van der Waals surface area contributed by atoms with E-state index in [4.69, 9.17) is 0 Å². The summed E-state index contributed by atoms with van der Waals surface area (Å²) in [6.45, 7) is -1.17. The topological polar surface area (TPSA) is 46.5 Å². The summed E-state index contributed by atoms with van der Waals surface area (Å²) < 4.78 is 29.5. The van der Waals surface area contributed by atoms with Crippen LogP contribution in [-0.4, -0.2) is 17.3 Å². The van der Waals surface area contributed by atoms with E-state index in [9.17, 15) is 8.78 Å². The fourth-order valence-electron chi connectivity index (χ4n) is 2.29. The molecule has 1 heterocycles. The minimum absolute atomic E-state index is 0.0852. The zero-order chi connectivity index (χ0) is 16.9. The van der Waals surface area contributed by atoms with Crippen LogP contribution in [0.15, 0.2) is 65.8 Å². The maximum absolute atomic E-state index is 12.5. The molecule has 0 radical (unpaired) electrons. The molecule has 1 N–H and O–H groups in total. The van der Waals surface area contributed by atoms with E-state index in [-0.39, 0.29) is 5.75 Å². The van der Waals surface area contributed by atoms with Gasteiger partial charge in [0.05, 0.1) is 11.2 Å². The van der Waals surface area contributed by atoms with Gasteiger partial charge in [-0.05, 0) is 37.3 Å². The van der Waals surface area contributed by atoms with Gasteiger partial charge in [0.15, 0.2) is 0 Å². The molecule has 24 heavy (non-hydrogen) atoms. The number of ether oxygens (including phenoxy) is 1. The van der Waals surface area contributed by atoms with Gasteiger partial charge in [-0.1, -0.05) is 30.3 Å². The second-order valence-corrected chi connectivity index (χ2v) is 5.07. The van der Waals surface area contributed by atoms with E-state index in [1.165, 1.54) is 6.07 Å². The lowest BCUT2D eigenvalue weighted by Crippen LogP contribution is -2.08. The SMILES string of the molecule is C/C(=N\Nc1ccc2ccccc2n1)c1ccccc1OC(F)F. The molecule has 2 aromatic carbocycles. The molecule has 0 amide bonds. The maximum atomic E-state index is 12.5. The first-order valence-electron chi connectivity index (χ1n) is 7.34. The Morgan fingerprint density at radius 1 is 1.04 bits per heavy atom. The van der Waals surface area contributed by atoms with Gasteiger partial charge in [0, 0.05) is 10.9 Å². The van der Waals surface area contributed by atoms with Crippen LogP contribution < -0.4 is 10.2 Å². The molecular formula is C18H15F2N3O. The Hall–Kier alpha value is -3.02. The second-order valence-electron chi connectivity index (χ2n) is 5.07. The van der Waals surface area contributed by atoms with Gasteiger partial charge in [-0.15, -0.1) is 0 Å². The molecule has 0 aliphatic carbocycles. The predicted molar refractivity (Wildman–Crippen MR) is 90.7 cm³/mol. The van der Waals surface area contributed by atoms with Crippen molar-refractivity contribution < 1.29 is 13.5 Å². The summed E-state index contributed by atoms with van der Waals surface area (Å²) >= 11 is 0. The number of benzene rings is 2. The summed E-state index contributed by atoms with van der Waals surface area (Å²) in [5, 5.41) is 5.25. The number of rotatable bonds is 5. The summed E-state index contributed by atoms with van der Waals surface area (Å²) in [4.78, 5) is 4.44. The number of pyridine rings is 1. The normalized spacial score (nSPS) is 11.8. The lowest BCUT2D eigenvalue weighted by atomic mass is 10.1. The van der Waals surface area contributed by atoms with E-state index < -0.39 is 6.61 Å². The third-order valence-electron chi connectivity index (χ3n) is 3.43. The Morgan fingerprint density at radius 3 is 2.62 bits per heavy atom. The molecule has 122 valence electrons. The summed E-state index contributed by atoms with van der Waals surface area (Å²) in [5.74, 6) is 0.655. The number of hydrogen-bond acceptors (Lipinski definition) is 4. The van der Waals surface area contributed by atoms with Crippen molar-refractivity contribution in [1.29, 1.82) is 0 Å². The number of hydrogen-bond donors (Lipinski definition) is 1. The van der Waals surface area contributed by atoms with Crippen molar-refractivity contribution in [3.8, 4) is 5.75 Å². The predicted octanol–water partition coefficient (Wildman–Crippen LogP) is 4.67. The molecule has 0 unspecified atom stereocenters. The minimum atomic E-state index is -2.88. The number of para-hydroxylation sites is 2. The molecule has 4 nitrogen and oxygen atoms in total. The van der Waals surface area contributed by atoms with Crippen molar-refractivity contribution in [2.24, 2.45) is 5.10 Å². The summed E-state index contributed by atoms with van der Waals surface area (Å²) in [5.41, 5.74) is 4.70. The zero-order valence-electron chi connectivity index (χ0n) is 12.9. The highest BCUT2D eigenvalue weighted by Crippen LogP contribution is 2.21. The van der Waals surface area contributed by atoms with Crippen molar-refractivity contribution in [3.63, 3.8) is 0 Å². The van der Waals surface area contributed by atoms with Crippen molar-refractivity contribution in [1.82, 2.24) is 4.98 Å². The van der Waals surface area contributed by atoms with Gasteiger partial charge in [-0.3, -0.25) is 5.43 Å². The van der Waals surface area contributed by atoms with E-state index in [1.807, 2.05) is 30.3 Å². The lowest BCUT2D eigenvalue weighted by Gasteiger charge is -2.10. The van der Waals surface area contributed by atoms with Crippen molar-refractivity contribution in [3.05, 3.63) is 66.2 Å². The first kappa shape index (κ1) is 15.9. The van der Waals surface area contributed by atoms with Crippen LogP contribution in [-0.2, 0) is 0 Å². The summed E-state index contributed by atoms with van der Waals surface area (Å²) in [6.07, 6.45) is 0. The first-order chi connectivity index (χ1) is 11.6. The molecule has 0 atom stereocenters. The Kier molecular flexibility index (Phi) is 4.65. The average Bonchev–Trinajstić information content (AvgIpc) is 2.59. The van der Waals surface area contributed by atoms with E-state index in [1.54, 1.807) is 31.2 Å². The van der Waals surface area contributed by atoms with Crippen molar-refractivity contribution in [2.75, 3.05) is 5.43 Å². The van der Waals surface area contributed by atoms with E-state index >= 15 is 0 Å². The molecule has 3 rings (SSSR count). The van der Waals surface area contributed by atoms with Gasteiger partial charge in [-0.2, -0.15) is 13.9 Å². The monoisotopic (exact) mass is 327 g/mol. The molecular weight excluding hydrogens is 312 g/mol. The molecule has 0 saturated heterocycles. The number of nitrogens with zero attached hydrogens (tertiary/aromatic N) is 2. The Morgan fingerprint density at radius 2 is 1.79 bits per heavy atom. The minimum Gasteiger partial charge on any atom is -0.434 e. The fourth-order valence-corrected chi connectivity index (χ4v) is 2.29. The molecule has 0 saturated carbocycles. The quantitative estimate of drug-likeness (QED) is 0.547. The molecule has 0 aliphatic heterocycles. The highest BCUT2D eigenvalue weighted by atomic mass is 19.3. The molecule has 6 heteroatoms. The van der Waals surface area contributed by atoms with Crippen LogP contribution in [0.3, 0.4) is 0 Å². The third kappa shape index (κ3) is 3.65. The van der Waals surface area contributed by atoms with Gasteiger partial charge in [-0.25, -0.2) is 4.98 Å². The Bertz CT molecular complexity index is 881. The maximum Gasteiger partial charge on any atom is 0.387 e. The molecule has 3 aromatic rings. The van der Waals surface area contributed by atoms with Gasteiger partial charge >= 0.3 is 6.61 Å². The van der Waals surface area contributed by atoms with Crippen LogP contribution in [0.4, 0.5) is 14.6 Å². The first-order valence-corrected chi connectivity index (χ1v) is 7.34. The number of fused-ring (bicyclic) bond motifs is 1. The number of anilines is 1. The standard InChI is InChI=1S/C18H15F2N3O/c1-12(14-7-3-5-9-16(14)24-18(19)20)22-23-17-11-10-13-6-2-4-8-15(13)21-17/h2-11,18H,1H3,(H,21,23)/b22-12+. The van der Waals surface area contributed by atoms with Crippen molar-refractivity contribution >= 4 is 22.4 Å². The highest BCUT2D eigenvalue weighted by Gasteiger charge is 2.11. The van der Waals surface area contributed by atoms with Gasteiger partial charge < -0.3 is 4.74 Å². The zero-order valence-corrected chi connectivity index (χ0v) is 12.9. The Labute approximate surface area is 137 Å². The second kappa shape index (κ2) is 7.04.